The Morgan fingerprint density at radius 1 is 1.18 bits per heavy atom. The van der Waals surface area contributed by atoms with E-state index in [0.717, 1.165) is 0 Å². The summed E-state index contributed by atoms with van der Waals surface area (Å²) in [5, 5.41) is 2.50. The number of ether oxygens (including phenoxy) is 3. The van der Waals surface area contributed by atoms with Gasteiger partial charge in [-0.25, -0.2) is 9.59 Å². The average Bonchev–Trinajstić information content (AvgIpc) is 2.47. The number of carbonyl (C=O) groups excluding carboxylic acids is 3. The zero-order chi connectivity index (χ0) is 16.2. The van der Waals surface area contributed by atoms with Gasteiger partial charge in [-0.15, -0.1) is 0 Å². The van der Waals surface area contributed by atoms with Gasteiger partial charge in [0.05, 0.1) is 18.9 Å². The molecule has 1 unspecified atom stereocenters. The molecule has 0 radical (unpaired) electrons. The highest BCUT2D eigenvalue weighted by Gasteiger charge is 2.52. The number of benzene rings is 1. The van der Waals surface area contributed by atoms with Crippen LogP contribution in [0.3, 0.4) is 0 Å². The highest BCUT2D eigenvalue weighted by molar-refractivity contribution is 5.98. The number of anilines is 1. The molecule has 1 aromatic carbocycles. The van der Waals surface area contributed by atoms with Crippen molar-refractivity contribution in [3.8, 4) is 0 Å². The molecule has 22 heavy (non-hydrogen) atoms. The summed E-state index contributed by atoms with van der Waals surface area (Å²) in [6.07, 6.45) is -1.26. The molecule has 0 spiro atoms. The van der Waals surface area contributed by atoms with Gasteiger partial charge < -0.3 is 14.2 Å². The topological polar surface area (TPSA) is 90.9 Å². The fraction of sp³-hybridized carbons (Fsp3) is 0.400. The Hall–Kier alpha value is -2.57. The minimum atomic E-state index is -1.83. The first-order chi connectivity index (χ1) is 10.5. The molecule has 1 amide bonds. The van der Waals surface area contributed by atoms with E-state index < -0.39 is 30.1 Å². The first-order valence-electron chi connectivity index (χ1n) is 6.95. The number of cyclic esters (lactones) is 1. The summed E-state index contributed by atoms with van der Waals surface area (Å²) in [6.45, 7) is 3.53. The van der Waals surface area contributed by atoms with Gasteiger partial charge in [0.1, 0.15) is 6.42 Å². The van der Waals surface area contributed by atoms with E-state index in [2.05, 4.69) is 5.32 Å². The highest BCUT2D eigenvalue weighted by atomic mass is 16.6. The summed E-state index contributed by atoms with van der Waals surface area (Å²) < 4.78 is 15.1. The lowest BCUT2D eigenvalue weighted by Gasteiger charge is -2.35. The van der Waals surface area contributed by atoms with Crippen LogP contribution in [-0.2, 0) is 29.4 Å². The molecule has 0 fully saturated rings. The van der Waals surface area contributed by atoms with Crippen molar-refractivity contribution in [1.82, 2.24) is 0 Å². The molecule has 1 aromatic rings. The van der Waals surface area contributed by atoms with Gasteiger partial charge in [0, 0.05) is 5.56 Å². The van der Waals surface area contributed by atoms with Gasteiger partial charge in [-0.05, 0) is 19.9 Å². The van der Waals surface area contributed by atoms with Crippen LogP contribution in [0.15, 0.2) is 24.3 Å². The van der Waals surface area contributed by atoms with Crippen LogP contribution in [0.2, 0.25) is 0 Å². The van der Waals surface area contributed by atoms with Gasteiger partial charge in [0.2, 0.25) is 5.60 Å². The summed E-state index contributed by atoms with van der Waals surface area (Å²) in [7, 11) is 0. The Bertz CT molecular complexity index is 599. The van der Waals surface area contributed by atoms with E-state index in [-0.39, 0.29) is 13.2 Å². The lowest BCUT2D eigenvalue weighted by molar-refractivity contribution is -0.173. The first-order valence-corrected chi connectivity index (χ1v) is 6.95. The quantitative estimate of drug-likeness (QED) is 0.660. The molecule has 7 nitrogen and oxygen atoms in total. The lowest BCUT2D eigenvalue weighted by atomic mass is 9.87. The maximum atomic E-state index is 12.4. The molecule has 0 aromatic heterocycles. The van der Waals surface area contributed by atoms with Gasteiger partial charge in [-0.1, -0.05) is 18.2 Å². The standard InChI is InChI=1S/C15H17NO6/c1-3-20-12(17)9-15(13(18)21-4-2)10-7-5-6-8-11(10)16-14(19)22-15/h5-8H,3-4,9H2,1-2H3,(H,16,19). The molecule has 118 valence electrons. The Morgan fingerprint density at radius 3 is 2.55 bits per heavy atom. The molecule has 0 saturated heterocycles. The molecular weight excluding hydrogens is 290 g/mol. The predicted octanol–water partition coefficient (Wildman–Crippen LogP) is 1.96. The van der Waals surface area contributed by atoms with Gasteiger partial charge in [0.25, 0.3) is 0 Å². The van der Waals surface area contributed by atoms with Crippen LogP contribution in [0.4, 0.5) is 10.5 Å². The van der Waals surface area contributed by atoms with Crippen LogP contribution in [-0.4, -0.2) is 31.2 Å². The highest BCUT2D eigenvalue weighted by Crippen LogP contribution is 2.40. The Kier molecular flexibility index (Phi) is 4.65. The van der Waals surface area contributed by atoms with Crippen molar-refractivity contribution < 1.29 is 28.6 Å². The Labute approximate surface area is 127 Å². The second kappa shape index (κ2) is 6.46. The fourth-order valence-corrected chi connectivity index (χ4v) is 2.31. The largest absolute Gasteiger partial charge is 0.466 e. The molecular formula is C15H17NO6. The summed E-state index contributed by atoms with van der Waals surface area (Å²) >= 11 is 0. The van der Waals surface area contributed by atoms with E-state index in [9.17, 15) is 14.4 Å². The molecule has 1 heterocycles. The molecule has 0 saturated carbocycles. The third-order valence-corrected chi connectivity index (χ3v) is 3.17. The molecule has 0 bridgehead atoms. The Balaban J connectivity index is 2.50. The van der Waals surface area contributed by atoms with E-state index >= 15 is 0 Å². The van der Waals surface area contributed by atoms with Crippen molar-refractivity contribution in [2.45, 2.75) is 25.9 Å². The average molecular weight is 307 g/mol. The fourth-order valence-electron chi connectivity index (χ4n) is 2.31. The normalized spacial score (nSPS) is 19.5. The lowest BCUT2D eigenvalue weighted by Crippen LogP contribution is -2.48. The third kappa shape index (κ3) is 2.88. The number of amides is 1. The molecule has 1 aliphatic rings. The van der Waals surface area contributed by atoms with Crippen molar-refractivity contribution in [3.05, 3.63) is 29.8 Å². The second-order valence-electron chi connectivity index (χ2n) is 4.59. The van der Waals surface area contributed by atoms with E-state index in [1.807, 2.05) is 0 Å². The zero-order valence-electron chi connectivity index (χ0n) is 12.4. The number of fused-ring (bicyclic) bond motifs is 1. The predicted molar refractivity (Wildman–Crippen MR) is 76.1 cm³/mol. The van der Waals surface area contributed by atoms with E-state index in [1.54, 1.807) is 38.1 Å². The number of hydrogen-bond acceptors (Lipinski definition) is 6. The van der Waals surface area contributed by atoms with Crippen LogP contribution in [0.25, 0.3) is 0 Å². The molecule has 7 heteroatoms. The molecule has 2 rings (SSSR count). The summed E-state index contributed by atoms with van der Waals surface area (Å²) in [4.78, 5) is 36.1. The van der Waals surface area contributed by atoms with Gasteiger partial charge in [-0.3, -0.25) is 10.1 Å². The van der Waals surface area contributed by atoms with Crippen molar-refractivity contribution in [2.24, 2.45) is 0 Å². The van der Waals surface area contributed by atoms with E-state index in [0.29, 0.717) is 11.3 Å². The zero-order valence-corrected chi connectivity index (χ0v) is 12.4. The monoisotopic (exact) mass is 307 g/mol. The molecule has 1 aliphatic heterocycles. The number of carbonyl (C=O) groups is 3. The van der Waals surface area contributed by atoms with E-state index in [4.69, 9.17) is 14.2 Å². The number of nitrogens with one attached hydrogen (secondary N) is 1. The van der Waals surface area contributed by atoms with Crippen LogP contribution >= 0.6 is 0 Å². The Morgan fingerprint density at radius 2 is 1.86 bits per heavy atom. The summed E-state index contributed by atoms with van der Waals surface area (Å²) in [6, 6.07) is 6.60. The maximum Gasteiger partial charge on any atom is 0.413 e. The van der Waals surface area contributed by atoms with E-state index in [1.165, 1.54) is 0 Å². The third-order valence-electron chi connectivity index (χ3n) is 3.17. The van der Waals surface area contributed by atoms with Crippen molar-refractivity contribution in [1.29, 1.82) is 0 Å². The van der Waals surface area contributed by atoms with Crippen LogP contribution in [0, 0.1) is 0 Å². The van der Waals surface area contributed by atoms with Crippen LogP contribution < -0.4 is 5.32 Å². The molecule has 0 aliphatic carbocycles. The van der Waals surface area contributed by atoms with Crippen LogP contribution in [0.1, 0.15) is 25.8 Å². The number of rotatable bonds is 5. The number of para-hydroxylation sites is 1. The van der Waals surface area contributed by atoms with Crippen molar-refractivity contribution >= 4 is 23.7 Å². The summed E-state index contributed by atoms with van der Waals surface area (Å²) in [5.74, 6) is -1.45. The second-order valence-corrected chi connectivity index (χ2v) is 4.59. The van der Waals surface area contributed by atoms with Crippen molar-refractivity contribution in [2.75, 3.05) is 18.5 Å². The van der Waals surface area contributed by atoms with Gasteiger partial charge >= 0.3 is 18.0 Å². The molecule has 1 N–H and O–H groups in total. The number of hydrogen-bond donors (Lipinski definition) is 1. The van der Waals surface area contributed by atoms with Gasteiger partial charge in [-0.2, -0.15) is 0 Å². The smallest absolute Gasteiger partial charge is 0.413 e. The maximum absolute atomic E-state index is 12.4. The minimum Gasteiger partial charge on any atom is -0.466 e. The SMILES string of the molecule is CCOC(=O)CC1(C(=O)OCC)OC(=O)Nc2ccccc21. The summed E-state index contributed by atoms with van der Waals surface area (Å²) in [5.41, 5.74) is -1.07. The van der Waals surface area contributed by atoms with Gasteiger partial charge in [0.15, 0.2) is 0 Å². The first kappa shape index (κ1) is 15.8. The molecule has 1 atom stereocenters. The van der Waals surface area contributed by atoms with Crippen LogP contribution in [0.5, 0.6) is 0 Å². The minimum absolute atomic E-state index is 0.0938. The van der Waals surface area contributed by atoms with Crippen molar-refractivity contribution in [3.63, 3.8) is 0 Å². The number of esters is 2.